The SMILES string of the molecule is CCCCOc1ccc2c(=O)n(CC#CCN(CC)CC)cnc2c1.CCCCOc1ccc2c(=O)n(CC#CCN(CC)CC)cnc2c1.O=C([O-])C(=O)[O-].O=C([O-])C(=O)[O-].O=C([O-])C(=O)[O-]. The Morgan fingerprint density at radius 3 is 1.09 bits per heavy atom. The lowest BCUT2D eigenvalue weighted by Crippen LogP contribution is -2.42. The molecule has 0 unspecified atom stereocenters. The number of hydrogen-bond donors (Lipinski definition) is 0. The minimum atomic E-state index is -2.19. The average molecular weight is 947 g/mol. The average Bonchev–Trinajstić information content (AvgIpc) is 3.31. The molecule has 0 radical (unpaired) electrons. The maximum absolute atomic E-state index is 12.5. The fourth-order valence-corrected chi connectivity index (χ4v) is 4.86. The van der Waals surface area contributed by atoms with Crippen molar-refractivity contribution in [2.75, 3.05) is 52.5 Å². The molecule has 0 aliphatic heterocycles. The highest BCUT2D eigenvalue weighted by atomic mass is 16.5. The first-order chi connectivity index (χ1) is 32.3. The molecule has 0 aliphatic carbocycles. The van der Waals surface area contributed by atoms with Crippen molar-refractivity contribution < 1.29 is 68.9 Å². The molecule has 0 fully saturated rings. The number of unbranched alkanes of at least 4 members (excludes halogenated alkanes) is 2. The van der Waals surface area contributed by atoms with Crippen molar-refractivity contribution in [1.29, 1.82) is 0 Å². The normalized spacial score (nSPS) is 9.82. The third-order valence-electron chi connectivity index (χ3n) is 8.77. The zero-order chi connectivity index (χ0) is 51.6. The van der Waals surface area contributed by atoms with Crippen LogP contribution in [0.5, 0.6) is 11.5 Å². The second kappa shape index (κ2) is 34.5. The van der Waals surface area contributed by atoms with E-state index < -0.39 is 35.8 Å². The maximum atomic E-state index is 12.5. The summed E-state index contributed by atoms with van der Waals surface area (Å²) in [6.45, 7) is 20.1. The van der Waals surface area contributed by atoms with Crippen LogP contribution in [0.1, 0.15) is 67.2 Å². The number of aliphatic carboxylic acids is 6. The Morgan fingerprint density at radius 1 is 0.515 bits per heavy atom. The van der Waals surface area contributed by atoms with E-state index in [1.165, 1.54) is 0 Å². The van der Waals surface area contributed by atoms with Crippen molar-refractivity contribution in [1.82, 2.24) is 28.9 Å². The van der Waals surface area contributed by atoms with E-state index in [1.54, 1.807) is 33.9 Å². The molecule has 22 heteroatoms. The molecule has 0 spiro atoms. The van der Waals surface area contributed by atoms with Crippen LogP contribution < -0.4 is 51.2 Å². The van der Waals surface area contributed by atoms with Crippen LogP contribution in [0, 0.1) is 23.7 Å². The van der Waals surface area contributed by atoms with E-state index in [4.69, 9.17) is 68.9 Å². The van der Waals surface area contributed by atoms with Gasteiger partial charge in [-0.05, 0) is 63.3 Å². The first kappa shape index (κ1) is 60.2. The van der Waals surface area contributed by atoms with Crippen molar-refractivity contribution in [2.24, 2.45) is 0 Å². The molecule has 0 N–H and O–H groups in total. The number of hydrogen-bond acceptors (Lipinski definition) is 20. The standard InChI is InChI=1S/2C20H27N3O2.3C2H2O4/c2*1-4-7-14-25-17-10-11-18-19(15-17)21-16-23(20(18)24)13-9-8-12-22(5-2)6-3;3*3-1(4)2(5)6/h2*10-11,15-16H,4-7,12-14H2,1-3H3;3*(H,3,4)(H,5,6)/p-6. The smallest absolute Gasteiger partial charge is 0.262 e. The summed E-state index contributed by atoms with van der Waals surface area (Å²) in [5, 5.41) is 54.7. The summed E-state index contributed by atoms with van der Waals surface area (Å²) in [5.74, 6) is 0.749. The Morgan fingerprint density at radius 2 is 0.824 bits per heavy atom. The molecule has 0 atom stereocenters. The Hall–Kier alpha value is -7.82. The van der Waals surface area contributed by atoms with Gasteiger partial charge < -0.3 is 68.9 Å². The van der Waals surface area contributed by atoms with E-state index in [-0.39, 0.29) is 11.1 Å². The molecule has 2 aromatic heterocycles. The molecular formula is C46H54N6O16-6. The third-order valence-corrected chi connectivity index (χ3v) is 8.77. The number of fused-ring (bicyclic) bond motifs is 2. The second-order valence-electron chi connectivity index (χ2n) is 13.5. The highest BCUT2D eigenvalue weighted by Crippen LogP contribution is 2.18. The molecule has 370 valence electrons. The summed E-state index contributed by atoms with van der Waals surface area (Å²) < 4.78 is 14.4. The van der Waals surface area contributed by atoms with Crippen LogP contribution in [0.15, 0.2) is 58.6 Å². The van der Waals surface area contributed by atoms with Gasteiger partial charge >= 0.3 is 0 Å². The Bertz CT molecular complexity index is 2280. The van der Waals surface area contributed by atoms with Crippen molar-refractivity contribution in [3.63, 3.8) is 0 Å². The first-order valence-corrected chi connectivity index (χ1v) is 21.2. The highest BCUT2D eigenvalue weighted by Gasteiger charge is 2.07. The van der Waals surface area contributed by atoms with E-state index in [1.807, 2.05) is 24.3 Å². The summed E-state index contributed by atoms with van der Waals surface area (Å²) in [6, 6.07) is 10.9. The highest BCUT2D eigenvalue weighted by molar-refractivity contribution is 6.25. The number of carboxylic acid groups (broad SMARTS) is 6. The third kappa shape index (κ3) is 24.5. The zero-order valence-corrected chi connectivity index (χ0v) is 38.7. The van der Waals surface area contributed by atoms with Gasteiger partial charge in [-0.25, -0.2) is 9.97 Å². The molecule has 2 heterocycles. The molecule has 0 bridgehead atoms. The number of carboxylic acids is 6. The summed E-state index contributed by atoms with van der Waals surface area (Å²) in [6.07, 6.45) is 7.33. The van der Waals surface area contributed by atoms with E-state index >= 15 is 0 Å². The number of aromatic nitrogens is 4. The lowest BCUT2D eigenvalue weighted by Gasteiger charge is -2.13. The molecule has 0 amide bonds. The van der Waals surface area contributed by atoms with E-state index in [0.29, 0.717) is 48.1 Å². The van der Waals surface area contributed by atoms with Crippen LogP contribution in [0.2, 0.25) is 0 Å². The lowest BCUT2D eigenvalue weighted by atomic mass is 10.2. The molecule has 0 saturated heterocycles. The van der Waals surface area contributed by atoms with E-state index in [0.717, 1.165) is 76.5 Å². The number of nitrogens with zero attached hydrogens (tertiary/aromatic N) is 6. The fourth-order valence-electron chi connectivity index (χ4n) is 4.86. The molecule has 4 aromatic rings. The monoisotopic (exact) mass is 946 g/mol. The molecular weight excluding hydrogens is 893 g/mol. The first-order valence-electron chi connectivity index (χ1n) is 21.2. The maximum Gasteiger partial charge on any atom is 0.262 e. The number of benzene rings is 2. The molecule has 0 aliphatic rings. The Labute approximate surface area is 392 Å². The van der Waals surface area contributed by atoms with Gasteiger partial charge in [-0.2, -0.15) is 0 Å². The number of ether oxygens (including phenoxy) is 2. The van der Waals surface area contributed by atoms with Gasteiger partial charge in [0.1, 0.15) is 11.5 Å². The van der Waals surface area contributed by atoms with E-state index in [2.05, 4.69) is 85.0 Å². The lowest BCUT2D eigenvalue weighted by molar-refractivity contribution is -0.345. The molecule has 2 aromatic carbocycles. The molecule has 68 heavy (non-hydrogen) atoms. The van der Waals surface area contributed by atoms with Crippen LogP contribution in [0.4, 0.5) is 0 Å². The van der Waals surface area contributed by atoms with Crippen molar-refractivity contribution in [2.45, 2.75) is 80.3 Å². The van der Waals surface area contributed by atoms with Gasteiger partial charge in [-0.3, -0.25) is 28.5 Å². The summed E-state index contributed by atoms with van der Waals surface area (Å²) in [4.78, 5) is 91.9. The molecule has 0 saturated carbocycles. The van der Waals surface area contributed by atoms with Crippen LogP contribution in [-0.4, -0.2) is 117 Å². The van der Waals surface area contributed by atoms with Crippen molar-refractivity contribution >= 4 is 57.6 Å². The Kier molecular flexibility index (Phi) is 30.5. The predicted octanol–water partition coefficient (Wildman–Crippen LogP) is -4.70. The van der Waals surface area contributed by atoms with Gasteiger partial charge in [0.25, 0.3) is 11.1 Å². The summed E-state index contributed by atoms with van der Waals surface area (Å²) in [7, 11) is 0. The van der Waals surface area contributed by atoms with Gasteiger partial charge in [0.15, 0.2) is 0 Å². The Balaban J connectivity index is 0.000000972. The van der Waals surface area contributed by atoms with Crippen molar-refractivity contribution in [3.8, 4) is 35.2 Å². The van der Waals surface area contributed by atoms with Gasteiger partial charge in [0, 0.05) is 12.1 Å². The number of carbonyl (C=O) groups is 6. The van der Waals surface area contributed by atoms with Crippen LogP contribution in [-0.2, 0) is 41.9 Å². The van der Waals surface area contributed by atoms with Gasteiger partial charge in [0.05, 0.1) is 110 Å². The van der Waals surface area contributed by atoms with Crippen LogP contribution in [0.25, 0.3) is 21.8 Å². The quantitative estimate of drug-likeness (QED) is 0.0578. The minimum Gasteiger partial charge on any atom is -0.543 e. The van der Waals surface area contributed by atoms with Crippen LogP contribution >= 0.6 is 0 Å². The predicted molar refractivity (Wildman–Crippen MR) is 234 cm³/mol. The fraction of sp³-hybridized carbons (Fsp3) is 0.435. The second-order valence-corrected chi connectivity index (χ2v) is 13.5. The topological polar surface area (TPSA) is 336 Å². The number of rotatable bonds is 16. The zero-order valence-electron chi connectivity index (χ0n) is 38.7. The molecule has 4 rings (SSSR count). The number of carbonyl (C=O) groups excluding carboxylic acids is 6. The van der Waals surface area contributed by atoms with Gasteiger partial charge in [-0.15, -0.1) is 0 Å². The summed E-state index contributed by atoms with van der Waals surface area (Å²) >= 11 is 0. The molecule has 22 nitrogen and oxygen atoms in total. The van der Waals surface area contributed by atoms with Gasteiger partial charge in [0.2, 0.25) is 0 Å². The summed E-state index contributed by atoms with van der Waals surface area (Å²) in [5.41, 5.74) is 1.18. The van der Waals surface area contributed by atoms with E-state index in [9.17, 15) is 9.59 Å². The van der Waals surface area contributed by atoms with Gasteiger partial charge in [-0.1, -0.05) is 78.1 Å². The minimum absolute atomic E-state index is 0.0674. The largest absolute Gasteiger partial charge is 0.543 e. The van der Waals surface area contributed by atoms with Crippen LogP contribution in [0.3, 0.4) is 0 Å². The van der Waals surface area contributed by atoms with Crippen molar-refractivity contribution in [3.05, 3.63) is 69.8 Å².